The summed E-state index contributed by atoms with van der Waals surface area (Å²) in [7, 11) is -5.02. The lowest BCUT2D eigenvalue weighted by molar-refractivity contribution is 0.402. The molecule has 5 nitrogen and oxygen atoms in total. The van der Waals surface area contributed by atoms with Crippen LogP contribution in [0.4, 0.5) is 0 Å². The minimum Gasteiger partial charge on any atom is -0.504 e. The molecule has 0 amide bonds. The van der Waals surface area contributed by atoms with Crippen LogP contribution in [0.2, 0.25) is 20.1 Å². The van der Waals surface area contributed by atoms with E-state index < -0.39 is 26.4 Å². The summed E-state index contributed by atoms with van der Waals surface area (Å²) < 4.78 is 34.0. The first-order chi connectivity index (χ1) is 13.5. The maximum absolute atomic E-state index is 12.9. The molecule has 3 aromatic carbocycles. The van der Waals surface area contributed by atoms with Crippen molar-refractivity contribution in [1.82, 2.24) is 0 Å². The van der Waals surface area contributed by atoms with Crippen molar-refractivity contribution >= 4 is 56.5 Å². The van der Waals surface area contributed by atoms with Crippen molar-refractivity contribution in [3.05, 3.63) is 91.4 Å². The van der Waals surface area contributed by atoms with E-state index in [0.29, 0.717) is 0 Å². The van der Waals surface area contributed by atoms with Crippen molar-refractivity contribution in [3.63, 3.8) is 0 Å². The zero-order valence-electron chi connectivity index (χ0n) is 14.3. The van der Waals surface area contributed by atoms with E-state index in [0.717, 1.165) is 12.1 Å². The van der Waals surface area contributed by atoms with Crippen molar-refractivity contribution in [2.45, 2.75) is 4.75 Å². The van der Waals surface area contributed by atoms with Crippen LogP contribution in [-0.2, 0) is 14.9 Å². The van der Waals surface area contributed by atoms with Crippen LogP contribution in [0, 0.1) is 0 Å². The van der Waals surface area contributed by atoms with Gasteiger partial charge in [-0.05, 0) is 41.5 Å². The highest BCUT2D eigenvalue weighted by atomic mass is 35.5. The molecule has 29 heavy (non-hydrogen) atoms. The maximum Gasteiger partial charge on any atom is 0.283 e. The van der Waals surface area contributed by atoms with Gasteiger partial charge in [-0.25, -0.2) is 0 Å². The average molecular weight is 494 g/mol. The van der Waals surface area contributed by atoms with Crippen LogP contribution in [0.3, 0.4) is 0 Å². The van der Waals surface area contributed by atoms with Gasteiger partial charge in [-0.3, -0.25) is 4.55 Å². The summed E-state index contributed by atoms with van der Waals surface area (Å²) in [6.45, 7) is 0. The van der Waals surface area contributed by atoms with Crippen LogP contribution in [-0.4, -0.2) is 23.2 Å². The van der Waals surface area contributed by atoms with Gasteiger partial charge in [-0.1, -0.05) is 70.7 Å². The molecule has 0 fully saturated rings. The molecule has 0 aliphatic heterocycles. The Kier molecular flexibility index (Phi) is 5.98. The SMILES string of the molecule is O=S(=O)(O)C(c1ccc(O)c(O)c1)(c1cc(Cl)c(Cl)c(Cl)c1)c1ccccc1Cl. The van der Waals surface area contributed by atoms with Gasteiger partial charge in [0.2, 0.25) is 0 Å². The minimum atomic E-state index is -5.02. The molecule has 1 unspecified atom stereocenters. The molecule has 0 bridgehead atoms. The number of phenols is 2. The molecule has 10 heteroatoms. The fourth-order valence-corrected chi connectivity index (χ4v) is 5.39. The van der Waals surface area contributed by atoms with Gasteiger partial charge < -0.3 is 10.2 Å². The van der Waals surface area contributed by atoms with Crippen molar-refractivity contribution in [3.8, 4) is 11.5 Å². The monoisotopic (exact) mass is 492 g/mol. The van der Waals surface area contributed by atoms with Gasteiger partial charge in [-0.15, -0.1) is 0 Å². The summed E-state index contributed by atoms with van der Waals surface area (Å²) in [4.78, 5) is 0. The standard InChI is InChI=1S/C19H12Cl4O5S/c20-13-4-2-1-3-12(13)19(29(26,27)28,10-5-6-16(24)17(25)9-10)11-7-14(21)18(23)15(22)8-11/h1-9,24-25H,(H,26,27,28). The summed E-state index contributed by atoms with van der Waals surface area (Å²) >= 11 is 24.6. The maximum atomic E-state index is 12.9. The molecule has 152 valence electrons. The Labute approximate surface area is 186 Å². The Hall–Kier alpha value is -1.67. The highest BCUT2D eigenvalue weighted by Gasteiger charge is 2.50. The Morgan fingerprint density at radius 2 is 1.31 bits per heavy atom. The number of hydrogen-bond donors (Lipinski definition) is 3. The number of rotatable bonds is 4. The first-order valence-corrected chi connectivity index (χ1v) is 10.8. The fraction of sp³-hybridized carbons (Fsp3) is 0.0526. The molecule has 0 aromatic heterocycles. The van der Waals surface area contributed by atoms with Gasteiger partial charge in [0.1, 0.15) is 0 Å². The normalized spacial score (nSPS) is 13.8. The lowest BCUT2D eigenvalue weighted by Gasteiger charge is -2.33. The van der Waals surface area contributed by atoms with E-state index in [4.69, 9.17) is 46.4 Å². The highest BCUT2D eigenvalue weighted by Crippen LogP contribution is 2.49. The van der Waals surface area contributed by atoms with Gasteiger partial charge in [0.05, 0.1) is 15.1 Å². The average Bonchev–Trinajstić information content (AvgIpc) is 2.63. The molecule has 0 spiro atoms. The first-order valence-electron chi connectivity index (χ1n) is 7.89. The third-order valence-electron chi connectivity index (χ3n) is 4.41. The van der Waals surface area contributed by atoms with Crippen LogP contribution in [0.15, 0.2) is 54.6 Å². The summed E-state index contributed by atoms with van der Waals surface area (Å²) in [6.07, 6.45) is 0. The third kappa shape index (κ3) is 3.65. The second kappa shape index (κ2) is 7.87. The molecule has 0 aliphatic rings. The topological polar surface area (TPSA) is 94.8 Å². The third-order valence-corrected chi connectivity index (χ3v) is 7.40. The van der Waals surface area contributed by atoms with Gasteiger partial charge in [0.15, 0.2) is 16.2 Å². The summed E-state index contributed by atoms with van der Waals surface area (Å²) in [5.41, 5.74) is -0.209. The minimum absolute atomic E-state index is 0.00552. The predicted molar refractivity (Wildman–Crippen MR) is 114 cm³/mol. The molecule has 0 saturated carbocycles. The van der Waals surface area contributed by atoms with Crippen LogP contribution >= 0.6 is 46.4 Å². The predicted octanol–water partition coefficient (Wildman–Crippen LogP) is 5.89. The van der Waals surface area contributed by atoms with Crippen LogP contribution < -0.4 is 0 Å². The van der Waals surface area contributed by atoms with Crippen molar-refractivity contribution in [2.75, 3.05) is 0 Å². The lowest BCUT2D eigenvalue weighted by Crippen LogP contribution is -2.38. The second-order valence-electron chi connectivity index (χ2n) is 6.09. The molecule has 0 aliphatic carbocycles. The molecule has 3 aromatic rings. The number of hydrogen-bond acceptors (Lipinski definition) is 4. The van der Waals surface area contributed by atoms with Crippen LogP contribution in [0.25, 0.3) is 0 Å². The number of benzene rings is 3. The quantitative estimate of drug-likeness (QED) is 0.182. The summed E-state index contributed by atoms with van der Waals surface area (Å²) in [5, 5.41) is 19.6. The fourth-order valence-electron chi connectivity index (χ4n) is 3.16. The van der Waals surface area contributed by atoms with Crippen molar-refractivity contribution in [1.29, 1.82) is 0 Å². The molecule has 3 rings (SSSR count). The number of aromatic hydroxyl groups is 2. The molecule has 0 radical (unpaired) electrons. The van der Waals surface area contributed by atoms with E-state index in [9.17, 15) is 23.2 Å². The van der Waals surface area contributed by atoms with E-state index in [1.807, 2.05) is 0 Å². The Morgan fingerprint density at radius 3 is 1.83 bits per heavy atom. The van der Waals surface area contributed by atoms with Gasteiger partial charge in [-0.2, -0.15) is 8.42 Å². The first kappa shape index (κ1) is 22.0. The van der Waals surface area contributed by atoms with Crippen LogP contribution in [0.1, 0.15) is 16.7 Å². The van der Waals surface area contributed by atoms with Crippen molar-refractivity contribution < 1.29 is 23.2 Å². The zero-order chi connectivity index (χ0) is 21.6. The highest BCUT2D eigenvalue weighted by molar-refractivity contribution is 7.87. The van der Waals surface area contributed by atoms with Gasteiger partial charge in [0, 0.05) is 10.6 Å². The van der Waals surface area contributed by atoms with E-state index in [1.165, 1.54) is 36.4 Å². The molecular weight excluding hydrogens is 482 g/mol. The zero-order valence-corrected chi connectivity index (χ0v) is 18.1. The smallest absolute Gasteiger partial charge is 0.283 e. The van der Waals surface area contributed by atoms with E-state index in [-0.39, 0.29) is 36.8 Å². The summed E-state index contributed by atoms with van der Waals surface area (Å²) in [5.74, 6) is -1.09. The Morgan fingerprint density at radius 1 is 0.724 bits per heavy atom. The molecule has 1 atom stereocenters. The largest absolute Gasteiger partial charge is 0.504 e. The van der Waals surface area contributed by atoms with Crippen molar-refractivity contribution in [2.24, 2.45) is 0 Å². The van der Waals surface area contributed by atoms with E-state index >= 15 is 0 Å². The Balaban J connectivity index is 2.58. The number of halogens is 4. The van der Waals surface area contributed by atoms with E-state index in [1.54, 1.807) is 6.07 Å². The molecule has 0 saturated heterocycles. The second-order valence-corrected chi connectivity index (χ2v) is 9.26. The van der Waals surface area contributed by atoms with Gasteiger partial charge in [0.25, 0.3) is 10.1 Å². The summed E-state index contributed by atoms with van der Waals surface area (Å²) in [6, 6.07) is 11.7. The van der Waals surface area contributed by atoms with Gasteiger partial charge >= 0.3 is 0 Å². The molecular formula is C19H12Cl4O5S. The number of phenolic OH excluding ortho intramolecular Hbond substituents is 2. The van der Waals surface area contributed by atoms with E-state index in [2.05, 4.69) is 0 Å². The lowest BCUT2D eigenvalue weighted by atomic mass is 9.83. The molecule has 0 heterocycles. The Bertz CT molecular complexity index is 1190. The van der Waals surface area contributed by atoms with Crippen LogP contribution in [0.5, 0.6) is 11.5 Å². The molecule has 3 N–H and O–H groups in total.